The number of nitrogens with zero attached hydrogens (tertiary/aromatic N) is 1. The Morgan fingerprint density at radius 1 is 1.12 bits per heavy atom. The third-order valence-electron chi connectivity index (χ3n) is 5.22. The Balaban J connectivity index is 1.98. The first-order valence-electron chi connectivity index (χ1n) is 10.2. The number of rotatable bonds is 9. The predicted molar refractivity (Wildman–Crippen MR) is 121 cm³/mol. The molecule has 0 radical (unpaired) electrons. The zero-order valence-corrected chi connectivity index (χ0v) is 18.8. The number of esters is 1. The van der Waals surface area contributed by atoms with E-state index in [0.29, 0.717) is 11.1 Å². The molecule has 0 saturated heterocycles. The number of aromatic nitrogens is 1. The first-order chi connectivity index (χ1) is 15.3. The van der Waals surface area contributed by atoms with E-state index in [-0.39, 0.29) is 42.1 Å². The van der Waals surface area contributed by atoms with Crippen molar-refractivity contribution in [3.8, 4) is 0 Å². The van der Waals surface area contributed by atoms with Crippen LogP contribution in [0.15, 0.2) is 58.2 Å². The summed E-state index contributed by atoms with van der Waals surface area (Å²) in [6.07, 6.45) is 1.05. The summed E-state index contributed by atoms with van der Waals surface area (Å²) in [7, 11) is -2.74. The Kier molecular flexibility index (Phi) is 7.44. The van der Waals surface area contributed by atoms with E-state index in [1.54, 1.807) is 6.07 Å². The van der Waals surface area contributed by atoms with E-state index >= 15 is 0 Å². The molecule has 0 aliphatic carbocycles. The smallest absolute Gasteiger partial charge is 0.337 e. The number of aryl methyl sites for hydroxylation is 1. The van der Waals surface area contributed by atoms with E-state index in [1.165, 1.54) is 31.4 Å². The molecule has 0 bridgehead atoms. The minimum Gasteiger partial charge on any atom is -0.465 e. The van der Waals surface area contributed by atoms with E-state index < -0.39 is 16.0 Å². The van der Waals surface area contributed by atoms with Gasteiger partial charge in [-0.15, -0.1) is 0 Å². The van der Waals surface area contributed by atoms with E-state index in [4.69, 9.17) is 0 Å². The molecule has 0 atom stereocenters. The third kappa shape index (κ3) is 5.07. The lowest BCUT2D eigenvalue weighted by molar-refractivity contribution is 0.0600. The Hall–Kier alpha value is -3.01. The fourth-order valence-corrected chi connectivity index (χ4v) is 4.85. The number of sulfonamides is 1. The highest BCUT2D eigenvalue weighted by atomic mass is 32.2. The second kappa shape index (κ2) is 10.1. The standard InChI is InChI=1S/C23H26N2O6S/c1-3-16-5-10-21-18(13-16)14-19(22(27)24-21)15-25(11-4-12-26)32(29,30)20-8-6-17(7-9-20)23(28)31-2/h5-10,13-14,26H,3-4,11-12,15H2,1-2H3,(H,24,27). The zero-order valence-electron chi connectivity index (χ0n) is 18.0. The van der Waals surface area contributed by atoms with E-state index in [1.807, 2.05) is 25.1 Å². The number of aromatic amines is 1. The predicted octanol–water partition coefficient (Wildman–Crippen LogP) is 2.45. The lowest BCUT2D eigenvalue weighted by atomic mass is 10.1. The number of methoxy groups -OCH3 is 1. The molecule has 8 nitrogen and oxygen atoms in total. The molecule has 9 heteroatoms. The molecule has 0 unspecified atom stereocenters. The zero-order chi connectivity index (χ0) is 23.3. The van der Waals surface area contributed by atoms with Crippen LogP contribution in [0.25, 0.3) is 10.9 Å². The van der Waals surface area contributed by atoms with E-state index in [2.05, 4.69) is 9.72 Å². The molecule has 2 aromatic carbocycles. The summed E-state index contributed by atoms with van der Waals surface area (Å²) in [4.78, 5) is 27.1. The van der Waals surface area contributed by atoms with Crippen LogP contribution >= 0.6 is 0 Å². The van der Waals surface area contributed by atoms with Crippen LogP contribution in [0.2, 0.25) is 0 Å². The van der Waals surface area contributed by atoms with Crippen molar-refractivity contribution in [3.63, 3.8) is 0 Å². The number of aliphatic hydroxyl groups is 1. The van der Waals surface area contributed by atoms with E-state index in [0.717, 1.165) is 21.7 Å². The monoisotopic (exact) mass is 458 g/mol. The molecule has 1 aromatic heterocycles. The SMILES string of the molecule is CCc1ccc2[nH]c(=O)c(CN(CCCO)S(=O)(=O)c3ccc(C(=O)OC)cc3)cc2c1. The van der Waals surface area contributed by atoms with Gasteiger partial charge in [-0.3, -0.25) is 4.79 Å². The first kappa shape index (κ1) is 23.6. The summed E-state index contributed by atoms with van der Waals surface area (Å²) in [5.74, 6) is -0.569. The quantitative estimate of drug-likeness (QED) is 0.476. The third-order valence-corrected chi connectivity index (χ3v) is 7.08. The molecule has 2 N–H and O–H groups in total. The second-order valence-electron chi connectivity index (χ2n) is 7.33. The van der Waals surface area contributed by atoms with Gasteiger partial charge in [0.25, 0.3) is 5.56 Å². The van der Waals surface area contributed by atoms with Crippen LogP contribution in [0, 0.1) is 0 Å². The normalized spacial score (nSPS) is 11.8. The van der Waals surface area contributed by atoms with Gasteiger partial charge in [-0.25, -0.2) is 13.2 Å². The number of ether oxygens (including phenoxy) is 1. The van der Waals surface area contributed by atoms with Crippen LogP contribution in [0.5, 0.6) is 0 Å². The molecule has 1 heterocycles. The number of nitrogens with one attached hydrogen (secondary N) is 1. The average molecular weight is 459 g/mol. The highest BCUT2D eigenvalue weighted by Gasteiger charge is 2.25. The van der Waals surface area contributed by atoms with Crippen LogP contribution in [-0.2, 0) is 27.7 Å². The fourth-order valence-electron chi connectivity index (χ4n) is 3.39. The van der Waals surface area contributed by atoms with Crippen molar-refractivity contribution >= 4 is 26.9 Å². The topological polar surface area (TPSA) is 117 Å². The first-order valence-corrected chi connectivity index (χ1v) is 11.7. The summed E-state index contributed by atoms with van der Waals surface area (Å²) < 4.78 is 32.4. The molecule has 3 aromatic rings. The van der Waals surface area contributed by atoms with Crippen LogP contribution in [0.3, 0.4) is 0 Å². The average Bonchev–Trinajstić information content (AvgIpc) is 2.81. The molecule has 0 fully saturated rings. The van der Waals surface area contributed by atoms with Gasteiger partial charge >= 0.3 is 5.97 Å². The number of benzene rings is 2. The number of fused-ring (bicyclic) bond motifs is 1. The molecule has 0 spiro atoms. The number of hydrogen-bond acceptors (Lipinski definition) is 6. The van der Waals surface area contributed by atoms with Crippen LogP contribution in [0.1, 0.15) is 34.8 Å². The van der Waals surface area contributed by atoms with Gasteiger partial charge in [-0.1, -0.05) is 13.0 Å². The highest BCUT2D eigenvalue weighted by Crippen LogP contribution is 2.21. The Morgan fingerprint density at radius 3 is 2.47 bits per heavy atom. The van der Waals surface area contributed by atoms with Crippen molar-refractivity contribution in [1.82, 2.24) is 9.29 Å². The largest absolute Gasteiger partial charge is 0.465 e. The van der Waals surface area contributed by atoms with Crippen molar-refractivity contribution in [2.45, 2.75) is 31.2 Å². The minimum absolute atomic E-state index is 0.0198. The van der Waals surface area contributed by atoms with E-state index in [9.17, 15) is 23.1 Å². The molecule has 3 rings (SSSR count). The van der Waals surface area contributed by atoms with Gasteiger partial charge in [0.15, 0.2) is 0 Å². The second-order valence-corrected chi connectivity index (χ2v) is 9.27. The summed E-state index contributed by atoms with van der Waals surface area (Å²) in [6, 6.07) is 12.8. The fraction of sp³-hybridized carbons (Fsp3) is 0.304. The number of H-pyrrole nitrogens is 1. The molecular formula is C23H26N2O6S. The Labute approximate surface area is 186 Å². The van der Waals surface area contributed by atoms with Gasteiger partial charge in [0, 0.05) is 30.8 Å². The highest BCUT2D eigenvalue weighted by molar-refractivity contribution is 7.89. The lowest BCUT2D eigenvalue weighted by Gasteiger charge is -2.22. The van der Waals surface area contributed by atoms with Gasteiger partial charge in [-0.2, -0.15) is 4.31 Å². The maximum atomic E-state index is 13.3. The van der Waals surface area contributed by atoms with Crippen molar-refractivity contribution in [2.75, 3.05) is 20.3 Å². The molecule has 0 aliphatic heterocycles. The minimum atomic E-state index is -3.99. The summed E-state index contributed by atoms with van der Waals surface area (Å²) in [5, 5.41) is 10.1. The molecule has 32 heavy (non-hydrogen) atoms. The summed E-state index contributed by atoms with van der Waals surface area (Å²) in [5.41, 5.74) is 1.95. The molecular weight excluding hydrogens is 432 g/mol. The van der Waals surface area contributed by atoms with Crippen LogP contribution < -0.4 is 5.56 Å². The van der Waals surface area contributed by atoms with Crippen molar-refractivity contribution in [1.29, 1.82) is 0 Å². The van der Waals surface area contributed by atoms with Gasteiger partial charge in [0.1, 0.15) is 0 Å². The van der Waals surface area contributed by atoms with Crippen molar-refractivity contribution < 1.29 is 23.1 Å². The molecule has 0 amide bonds. The number of aliphatic hydroxyl groups excluding tert-OH is 1. The van der Waals surface area contributed by atoms with Crippen LogP contribution in [0.4, 0.5) is 0 Å². The van der Waals surface area contributed by atoms with Gasteiger partial charge in [0.05, 0.1) is 17.6 Å². The van der Waals surface area contributed by atoms with Crippen molar-refractivity contribution in [2.24, 2.45) is 0 Å². The van der Waals surface area contributed by atoms with Gasteiger partial charge < -0.3 is 14.8 Å². The van der Waals surface area contributed by atoms with Gasteiger partial charge in [0.2, 0.25) is 10.0 Å². The Morgan fingerprint density at radius 2 is 1.84 bits per heavy atom. The maximum Gasteiger partial charge on any atom is 0.337 e. The number of hydrogen-bond donors (Lipinski definition) is 2. The maximum absolute atomic E-state index is 13.3. The molecule has 0 saturated carbocycles. The molecule has 0 aliphatic rings. The number of carbonyl (C=O) groups is 1. The molecule has 170 valence electrons. The lowest BCUT2D eigenvalue weighted by Crippen LogP contribution is -2.34. The Bertz CT molecular complexity index is 1270. The summed E-state index contributed by atoms with van der Waals surface area (Å²) >= 11 is 0. The number of carbonyl (C=O) groups excluding carboxylic acids is 1. The summed E-state index contributed by atoms with van der Waals surface area (Å²) in [6.45, 7) is 1.72. The van der Waals surface area contributed by atoms with Crippen LogP contribution in [-0.4, -0.2) is 49.0 Å². The number of pyridine rings is 1. The van der Waals surface area contributed by atoms with Crippen molar-refractivity contribution in [3.05, 3.63) is 75.6 Å². The van der Waals surface area contributed by atoms with Gasteiger partial charge in [-0.05, 0) is 66.3 Å².